The van der Waals surface area contributed by atoms with Crippen molar-refractivity contribution in [3.05, 3.63) is 42.2 Å². The number of nitrogens with zero attached hydrogens (tertiary/aromatic N) is 4. The van der Waals surface area contributed by atoms with E-state index in [9.17, 15) is 4.79 Å². The number of piperidine rings is 2. The van der Waals surface area contributed by atoms with Gasteiger partial charge < -0.3 is 29.3 Å². The van der Waals surface area contributed by atoms with Crippen LogP contribution in [0.15, 0.2) is 40.8 Å². The predicted molar refractivity (Wildman–Crippen MR) is 146 cm³/mol. The molecule has 3 aliphatic heterocycles. The average Bonchev–Trinajstić information content (AvgIpc) is 3.43. The number of carbonyl (C=O) groups excluding carboxylic acids is 1. The van der Waals surface area contributed by atoms with Crippen LogP contribution in [0.5, 0.6) is 0 Å². The number of furan rings is 1. The molecule has 4 heterocycles. The first-order valence-corrected chi connectivity index (χ1v) is 14.0. The smallest absolute Gasteiger partial charge is 0.287 e. The summed E-state index contributed by atoms with van der Waals surface area (Å²) in [5.41, 5.74) is 2.24. The maximum Gasteiger partial charge on any atom is 0.287 e. The molecule has 0 radical (unpaired) electrons. The Bertz CT molecular complexity index is 952. The number of rotatable bonds is 8. The van der Waals surface area contributed by atoms with E-state index in [2.05, 4.69) is 56.2 Å². The predicted octanol–water partition coefficient (Wildman–Crippen LogP) is 3.77. The van der Waals surface area contributed by atoms with Gasteiger partial charge in [-0.05, 0) is 108 Å². The topological polar surface area (TPSA) is 55.2 Å². The number of likely N-dealkylation sites (N-methyl/N-ethyl adjacent to an activating group) is 1. The van der Waals surface area contributed by atoms with Crippen molar-refractivity contribution in [2.24, 2.45) is 0 Å². The zero-order valence-electron chi connectivity index (χ0n) is 22.0. The number of carbonyl (C=O) groups is 1. The maximum atomic E-state index is 12.6. The second kappa shape index (κ2) is 12.3. The van der Waals surface area contributed by atoms with Gasteiger partial charge in [-0.3, -0.25) is 4.79 Å². The average molecular weight is 494 g/mol. The second-order valence-corrected chi connectivity index (χ2v) is 10.8. The summed E-state index contributed by atoms with van der Waals surface area (Å²) in [5.74, 6) is 0.997. The molecule has 0 spiro atoms. The lowest BCUT2D eigenvalue weighted by Crippen LogP contribution is -2.47. The number of likely N-dealkylation sites (tertiary alicyclic amines) is 2. The molecule has 7 nitrogen and oxygen atoms in total. The van der Waals surface area contributed by atoms with Gasteiger partial charge in [-0.15, -0.1) is 0 Å². The molecular weight excluding hydrogens is 450 g/mol. The van der Waals surface area contributed by atoms with Gasteiger partial charge in [-0.2, -0.15) is 0 Å². The SMILES string of the molecule is CN1CCN(c2ccc(-c3ccc(C(=O)NCCCN4CCC(N5CCCCC5)CC4)o3)cc2)CC1. The molecule has 2 aromatic rings. The monoisotopic (exact) mass is 493 g/mol. The normalized spacial score (nSPS) is 21.1. The van der Waals surface area contributed by atoms with E-state index in [1.807, 2.05) is 6.07 Å². The molecule has 3 fully saturated rings. The van der Waals surface area contributed by atoms with Crippen LogP contribution < -0.4 is 10.2 Å². The highest BCUT2D eigenvalue weighted by Crippen LogP contribution is 2.26. The molecule has 0 aliphatic carbocycles. The summed E-state index contributed by atoms with van der Waals surface area (Å²) in [4.78, 5) is 22.7. The quantitative estimate of drug-likeness (QED) is 0.565. The highest BCUT2D eigenvalue weighted by molar-refractivity contribution is 5.92. The minimum absolute atomic E-state index is 0.126. The van der Waals surface area contributed by atoms with Gasteiger partial charge in [-0.1, -0.05) is 6.42 Å². The Labute approximate surface area is 216 Å². The fourth-order valence-corrected chi connectivity index (χ4v) is 5.90. The molecule has 3 aliphatic rings. The first-order chi connectivity index (χ1) is 17.7. The third kappa shape index (κ3) is 6.50. The minimum atomic E-state index is -0.126. The summed E-state index contributed by atoms with van der Waals surface area (Å²) in [6.07, 6.45) is 7.71. The molecule has 1 aromatic carbocycles. The molecule has 0 unspecified atom stereocenters. The van der Waals surface area contributed by atoms with E-state index < -0.39 is 0 Å². The van der Waals surface area contributed by atoms with Crippen LogP contribution in [0.3, 0.4) is 0 Å². The Hall–Kier alpha value is -2.35. The number of anilines is 1. The zero-order valence-corrected chi connectivity index (χ0v) is 22.0. The van der Waals surface area contributed by atoms with Crippen molar-refractivity contribution >= 4 is 11.6 Å². The molecule has 1 N–H and O–H groups in total. The van der Waals surface area contributed by atoms with Gasteiger partial charge in [0.25, 0.3) is 5.91 Å². The standard InChI is InChI=1S/C29H43N5O2/c1-31-20-22-34(23-21-31)25-8-6-24(7-9-25)27-10-11-28(36-27)29(35)30-14-5-15-32-18-12-26(13-19-32)33-16-3-2-4-17-33/h6-11,26H,2-5,12-23H2,1H3,(H,30,35). The lowest BCUT2D eigenvalue weighted by atomic mass is 10.00. The Balaban J connectivity index is 1.02. The fraction of sp³-hybridized carbons (Fsp3) is 0.621. The van der Waals surface area contributed by atoms with Gasteiger partial charge in [0, 0.05) is 50.0 Å². The van der Waals surface area contributed by atoms with E-state index in [0.29, 0.717) is 12.3 Å². The summed E-state index contributed by atoms with van der Waals surface area (Å²) in [6, 6.07) is 12.9. The van der Waals surface area contributed by atoms with Crippen molar-refractivity contribution in [1.82, 2.24) is 20.0 Å². The summed E-state index contributed by atoms with van der Waals surface area (Å²) in [6.45, 7) is 11.0. The lowest BCUT2D eigenvalue weighted by molar-refractivity contribution is 0.0892. The summed E-state index contributed by atoms with van der Waals surface area (Å²) < 4.78 is 5.90. The molecule has 1 amide bonds. The third-order valence-corrected chi connectivity index (χ3v) is 8.25. The zero-order chi connectivity index (χ0) is 24.7. The molecule has 0 saturated carbocycles. The summed E-state index contributed by atoms with van der Waals surface area (Å²) in [5, 5.41) is 3.04. The van der Waals surface area contributed by atoms with Crippen molar-refractivity contribution in [1.29, 1.82) is 0 Å². The van der Waals surface area contributed by atoms with Crippen LogP contribution >= 0.6 is 0 Å². The van der Waals surface area contributed by atoms with Crippen molar-refractivity contribution < 1.29 is 9.21 Å². The van der Waals surface area contributed by atoms with E-state index in [1.54, 1.807) is 6.07 Å². The molecule has 196 valence electrons. The van der Waals surface area contributed by atoms with Gasteiger partial charge in [0.15, 0.2) is 5.76 Å². The number of benzene rings is 1. The number of hydrogen-bond acceptors (Lipinski definition) is 6. The minimum Gasteiger partial charge on any atom is -0.451 e. The van der Waals surface area contributed by atoms with Gasteiger partial charge in [-0.25, -0.2) is 0 Å². The third-order valence-electron chi connectivity index (χ3n) is 8.25. The number of amides is 1. The highest BCUT2D eigenvalue weighted by Gasteiger charge is 2.25. The van der Waals surface area contributed by atoms with Gasteiger partial charge in [0.1, 0.15) is 5.76 Å². The fourth-order valence-electron chi connectivity index (χ4n) is 5.90. The largest absolute Gasteiger partial charge is 0.451 e. The van der Waals surface area contributed by atoms with Crippen molar-refractivity contribution in [2.75, 3.05) is 77.4 Å². The molecule has 5 rings (SSSR count). The molecular formula is C29H43N5O2. The number of hydrogen-bond donors (Lipinski definition) is 1. The highest BCUT2D eigenvalue weighted by atomic mass is 16.3. The van der Waals surface area contributed by atoms with Gasteiger partial charge in [0.05, 0.1) is 0 Å². The van der Waals surface area contributed by atoms with E-state index in [0.717, 1.165) is 56.5 Å². The Morgan fingerprint density at radius 2 is 1.61 bits per heavy atom. The lowest BCUT2D eigenvalue weighted by Gasteiger charge is -2.40. The van der Waals surface area contributed by atoms with Crippen LogP contribution in [-0.2, 0) is 0 Å². The molecule has 7 heteroatoms. The number of piperazine rings is 1. The molecule has 1 aromatic heterocycles. The van der Waals surface area contributed by atoms with Gasteiger partial charge in [0.2, 0.25) is 0 Å². The van der Waals surface area contributed by atoms with Crippen LogP contribution in [0.1, 0.15) is 49.1 Å². The second-order valence-electron chi connectivity index (χ2n) is 10.8. The molecule has 3 saturated heterocycles. The van der Waals surface area contributed by atoms with Crippen molar-refractivity contribution in [2.45, 2.75) is 44.6 Å². The van der Waals surface area contributed by atoms with Crippen LogP contribution in [0.25, 0.3) is 11.3 Å². The Kier molecular flexibility index (Phi) is 8.62. The molecule has 0 atom stereocenters. The van der Waals surface area contributed by atoms with E-state index in [4.69, 9.17) is 4.42 Å². The Morgan fingerprint density at radius 1 is 0.889 bits per heavy atom. The Morgan fingerprint density at radius 3 is 2.33 bits per heavy atom. The van der Waals surface area contributed by atoms with E-state index in [1.165, 1.54) is 64.0 Å². The summed E-state index contributed by atoms with van der Waals surface area (Å²) in [7, 11) is 2.17. The first-order valence-electron chi connectivity index (χ1n) is 14.0. The van der Waals surface area contributed by atoms with E-state index >= 15 is 0 Å². The maximum absolute atomic E-state index is 12.6. The van der Waals surface area contributed by atoms with Crippen LogP contribution in [0.2, 0.25) is 0 Å². The van der Waals surface area contributed by atoms with E-state index in [-0.39, 0.29) is 5.91 Å². The number of nitrogens with one attached hydrogen (secondary N) is 1. The molecule has 0 bridgehead atoms. The summed E-state index contributed by atoms with van der Waals surface area (Å²) >= 11 is 0. The van der Waals surface area contributed by atoms with Crippen LogP contribution in [0.4, 0.5) is 5.69 Å². The van der Waals surface area contributed by atoms with Crippen LogP contribution in [0, 0.1) is 0 Å². The first kappa shape index (κ1) is 25.3. The van der Waals surface area contributed by atoms with Crippen LogP contribution in [-0.4, -0.2) is 99.1 Å². The van der Waals surface area contributed by atoms with Gasteiger partial charge >= 0.3 is 0 Å². The van der Waals surface area contributed by atoms with Crippen molar-refractivity contribution in [3.63, 3.8) is 0 Å². The van der Waals surface area contributed by atoms with Crippen molar-refractivity contribution in [3.8, 4) is 11.3 Å². The molecule has 36 heavy (non-hydrogen) atoms.